The summed E-state index contributed by atoms with van der Waals surface area (Å²) < 4.78 is 0. The molecule has 5 heteroatoms. The lowest BCUT2D eigenvalue weighted by atomic mass is 9.92. The summed E-state index contributed by atoms with van der Waals surface area (Å²) in [6.07, 6.45) is 1.62. The van der Waals surface area contributed by atoms with Gasteiger partial charge < -0.3 is 10.0 Å². The van der Waals surface area contributed by atoms with Gasteiger partial charge in [-0.15, -0.1) is 0 Å². The molecule has 3 N–H and O–H groups in total. The maximum absolute atomic E-state index is 8.21. The standard InChI is InChI=1S/C3H9BNO2P/c6-4(7)2-1-3-5-8/h1-2,5-7H,3,8H2/b2-1+. The van der Waals surface area contributed by atoms with Crippen molar-refractivity contribution >= 4 is 16.5 Å². The van der Waals surface area contributed by atoms with E-state index in [9.17, 15) is 0 Å². The normalized spacial score (nSPS) is 10.4. The van der Waals surface area contributed by atoms with Crippen molar-refractivity contribution < 1.29 is 10.0 Å². The lowest BCUT2D eigenvalue weighted by molar-refractivity contribution is 0.424. The fourth-order valence-electron chi connectivity index (χ4n) is 0.258. The minimum absolute atomic E-state index is 0.627. The van der Waals surface area contributed by atoms with Crippen LogP contribution >= 0.6 is 9.39 Å². The highest BCUT2D eigenvalue weighted by Gasteiger charge is 1.95. The van der Waals surface area contributed by atoms with Crippen molar-refractivity contribution in [3.63, 3.8) is 0 Å². The summed E-state index contributed by atoms with van der Waals surface area (Å²) in [5, 5.41) is 19.2. The molecule has 8 heavy (non-hydrogen) atoms. The Labute approximate surface area is 51.2 Å². The Morgan fingerprint density at radius 3 is 2.62 bits per heavy atom. The Balaban J connectivity index is 3.07. The van der Waals surface area contributed by atoms with E-state index in [0.29, 0.717) is 6.54 Å². The molecule has 0 aliphatic carbocycles. The van der Waals surface area contributed by atoms with E-state index in [1.54, 1.807) is 6.08 Å². The molecule has 0 rings (SSSR count). The van der Waals surface area contributed by atoms with Gasteiger partial charge >= 0.3 is 7.12 Å². The molecule has 1 atom stereocenters. The molecule has 0 aromatic rings. The van der Waals surface area contributed by atoms with E-state index in [0.717, 1.165) is 0 Å². The van der Waals surface area contributed by atoms with Gasteiger partial charge in [-0.25, -0.2) is 0 Å². The van der Waals surface area contributed by atoms with Crippen LogP contribution in [0.2, 0.25) is 0 Å². The highest BCUT2D eigenvalue weighted by Crippen LogP contribution is 1.74. The van der Waals surface area contributed by atoms with E-state index in [1.807, 2.05) is 0 Å². The van der Waals surface area contributed by atoms with Crippen LogP contribution in [0.15, 0.2) is 12.1 Å². The molecule has 0 aliphatic heterocycles. The zero-order valence-electron chi connectivity index (χ0n) is 4.41. The molecule has 0 saturated heterocycles. The Hall–Kier alpha value is 0.115. The van der Waals surface area contributed by atoms with Crippen molar-refractivity contribution in [2.75, 3.05) is 6.54 Å². The first-order valence-corrected chi connectivity index (χ1v) is 2.81. The lowest BCUT2D eigenvalue weighted by Gasteiger charge is -1.86. The van der Waals surface area contributed by atoms with Crippen LogP contribution in [0, 0.1) is 0 Å². The van der Waals surface area contributed by atoms with Crippen molar-refractivity contribution in [3.05, 3.63) is 12.1 Å². The number of hydrogen-bond donors (Lipinski definition) is 3. The molecule has 0 aliphatic rings. The van der Waals surface area contributed by atoms with Crippen LogP contribution in [-0.4, -0.2) is 23.7 Å². The third kappa shape index (κ3) is 6.11. The summed E-state index contributed by atoms with van der Waals surface area (Å²) in [6.45, 7) is 0.627. The predicted octanol–water partition coefficient (Wildman–Crippen LogP) is -1.07. The molecule has 1 unspecified atom stereocenters. The van der Waals surface area contributed by atoms with Gasteiger partial charge in [0.25, 0.3) is 0 Å². The SMILES string of the molecule is OB(O)/C=C/CNP. The summed E-state index contributed by atoms with van der Waals surface area (Å²) in [5.74, 6) is 1.29. The Bertz CT molecular complexity index is 77.7. The summed E-state index contributed by atoms with van der Waals surface area (Å²) >= 11 is 0. The van der Waals surface area contributed by atoms with Gasteiger partial charge in [0.15, 0.2) is 0 Å². The Morgan fingerprint density at radius 2 is 2.25 bits per heavy atom. The molecule has 0 radical (unpaired) electrons. The van der Waals surface area contributed by atoms with Crippen LogP contribution in [0.1, 0.15) is 0 Å². The largest absolute Gasteiger partial charge is 0.480 e. The van der Waals surface area contributed by atoms with Gasteiger partial charge in [0.1, 0.15) is 0 Å². The fraction of sp³-hybridized carbons (Fsp3) is 0.333. The Kier molecular flexibility index (Phi) is 5.33. The van der Waals surface area contributed by atoms with E-state index in [4.69, 9.17) is 10.0 Å². The van der Waals surface area contributed by atoms with Crippen molar-refractivity contribution in [1.29, 1.82) is 0 Å². The zero-order valence-corrected chi connectivity index (χ0v) is 5.57. The zero-order chi connectivity index (χ0) is 6.41. The van der Waals surface area contributed by atoms with E-state index >= 15 is 0 Å². The maximum atomic E-state index is 8.21. The number of nitrogens with one attached hydrogen (secondary N) is 1. The van der Waals surface area contributed by atoms with E-state index in [1.165, 1.54) is 5.98 Å². The first kappa shape index (κ1) is 8.11. The second-order valence-electron chi connectivity index (χ2n) is 1.25. The highest BCUT2D eigenvalue weighted by atomic mass is 31.0. The molecule has 0 heterocycles. The van der Waals surface area contributed by atoms with Crippen LogP contribution in [0.4, 0.5) is 0 Å². The fourth-order valence-corrected chi connectivity index (χ4v) is 0.394. The molecule has 0 aromatic carbocycles. The number of rotatable bonds is 3. The predicted molar refractivity (Wildman–Crippen MR) is 37.0 cm³/mol. The average Bonchev–Trinajstić information content (AvgIpc) is 1.66. The lowest BCUT2D eigenvalue weighted by Crippen LogP contribution is -2.07. The minimum Gasteiger partial charge on any atom is -0.424 e. The van der Waals surface area contributed by atoms with Gasteiger partial charge in [-0.1, -0.05) is 21.4 Å². The van der Waals surface area contributed by atoms with Crippen molar-refractivity contribution in [2.45, 2.75) is 0 Å². The van der Waals surface area contributed by atoms with Crippen molar-refractivity contribution in [1.82, 2.24) is 5.09 Å². The molecule has 3 nitrogen and oxygen atoms in total. The summed E-state index contributed by atoms with van der Waals surface area (Å²) in [6, 6.07) is 0. The molecule has 0 aromatic heterocycles. The molecular formula is C3H9BNO2P. The van der Waals surface area contributed by atoms with E-state index in [-0.39, 0.29) is 0 Å². The number of hydrogen-bond acceptors (Lipinski definition) is 3. The maximum Gasteiger partial charge on any atom is 0.480 e. The molecule has 0 saturated carbocycles. The molecule has 0 bridgehead atoms. The molecule has 46 valence electrons. The summed E-state index contributed by atoms with van der Waals surface area (Å²) in [4.78, 5) is 0. The van der Waals surface area contributed by atoms with Gasteiger partial charge in [0.2, 0.25) is 0 Å². The third-order valence-corrected chi connectivity index (χ3v) is 0.780. The monoisotopic (exact) mass is 133 g/mol. The quantitative estimate of drug-likeness (QED) is 0.339. The minimum atomic E-state index is -1.33. The van der Waals surface area contributed by atoms with Crippen LogP contribution in [0.3, 0.4) is 0 Å². The molecule has 0 fully saturated rings. The topological polar surface area (TPSA) is 52.5 Å². The molecular weight excluding hydrogens is 124 g/mol. The van der Waals surface area contributed by atoms with Gasteiger partial charge in [-0.3, -0.25) is 5.09 Å². The second kappa shape index (κ2) is 5.26. The summed E-state index contributed by atoms with van der Waals surface area (Å²) in [5.41, 5.74) is 0. The van der Waals surface area contributed by atoms with E-state index in [2.05, 4.69) is 14.5 Å². The molecule has 0 amide bonds. The highest BCUT2D eigenvalue weighted by molar-refractivity contribution is 7.13. The first-order valence-electron chi connectivity index (χ1n) is 2.23. The smallest absolute Gasteiger partial charge is 0.424 e. The second-order valence-corrected chi connectivity index (χ2v) is 1.66. The van der Waals surface area contributed by atoms with Crippen LogP contribution in [0.25, 0.3) is 0 Å². The Morgan fingerprint density at radius 1 is 1.62 bits per heavy atom. The van der Waals surface area contributed by atoms with Crippen LogP contribution < -0.4 is 5.09 Å². The molecule has 0 spiro atoms. The van der Waals surface area contributed by atoms with Gasteiger partial charge in [-0.2, -0.15) is 0 Å². The van der Waals surface area contributed by atoms with Gasteiger partial charge in [0.05, 0.1) is 0 Å². The third-order valence-electron chi connectivity index (χ3n) is 0.544. The van der Waals surface area contributed by atoms with Gasteiger partial charge in [0, 0.05) is 6.54 Å². The average molecular weight is 133 g/mol. The van der Waals surface area contributed by atoms with Gasteiger partial charge in [-0.05, 0) is 0 Å². The van der Waals surface area contributed by atoms with E-state index < -0.39 is 7.12 Å². The van der Waals surface area contributed by atoms with Crippen molar-refractivity contribution in [2.24, 2.45) is 0 Å². The first-order chi connectivity index (χ1) is 3.77. The summed E-state index contributed by atoms with van der Waals surface area (Å²) in [7, 11) is 0.971. The van der Waals surface area contributed by atoms with Crippen molar-refractivity contribution in [3.8, 4) is 0 Å². The van der Waals surface area contributed by atoms with Crippen LogP contribution in [0.5, 0.6) is 0 Å². The van der Waals surface area contributed by atoms with Crippen LogP contribution in [-0.2, 0) is 0 Å².